The minimum atomic E-state index is 0.640. The second-order valence-electron chi connectivity index (χ2n) is 3.72. The second kappa shape index (κ2) is 5.26. The number of methoxy groups -OCH3 is 1. The van der Waals surface area contributed by atoms with Crippen molar-refractivity contribution < 1.29 is 4.74 Å². The lowest BCUT2D eigenvalue weighted by Crippen LogP contribution is -2.19. The Labute approximate surface area is 96.8 Å². The van der Waals surface area contributed by atoms with Crippen LogP contribution in [-0.2, 0) is 0 Å². The summed E-state index contributed by atoms with van der Waals surface area (Å²) < 4.78 is 5.33. The Bertz CT molecular complexity index is 315. The zero-order valence-corrected chi connectivity index (χ0v) is 10.6. The summed E-state index contributed by atoms with van der Waals surface area (Å²) >= 11 is 5.72. The van der Waals surface area contributed by atoms with Crippen molar-refractivity contribution in [2.75, 3.05) is 31.5 Å². The normalized spacial score (nSPS) is 10.2. The molecule has 0 aliphatic rings. The molecular formula is C12H18ClNO. The van der Waals surface area contributed by atoms with E-state index in [0.717, 1.165) is 23.4 Å². The molecule has 0 saturated heterocycles. The fraction of sp³-hybridized carbons (Fsp3) is 0.500. The molecule has 15 heavy (non-hydrogen) atoms. The van der Waals surface area contributed by atoms with Crippen LogP contribution in [0.3, 0.4) is 0 Å². The van der Waals surface area contributed by atoms with Crippen molar-refractivity contribution in [3.8, 4) is 5.75 Å². The number of rotatable bonds is 4. The molecule has 0 aromatic heterocycles. The van der Waals surface area contributed by atoms with Crippen LogP contribution in [0.15, 0.2) is 12.1 Å². The summed E-state index contributed by atoms with van der Waals surface area (Å²) in [6.45, 7) is 4.97. The molecule has 0 N–H and O–H groups in total. The van der Waals surface area contributed by atoms with Gasteiger partial charge < -0.3 is 9.64 Å². The van der Waals surface area contributed by atoms with Crippen molar-refractivity contribution in [1.82, 2.24) is 0 Å². The number of ether oxygens (including phenoxy) is 1. The Hall–Kier alpha value is -0.890. The number of hydrogen-bond acceptors (Lipinski definition) is 2. The minimum absolute atomic E-state index is 0.640. The highest BCUT2D eigenvalue weighted by Crippen LogP contribution is 2.28. The second-order valence-corrected chi connectivity index (χ2v) is 4.10. The minimum Gasteiger partial charge on any atom is -0.496 e. The third-order valence-electron chi connectivity index (χ3n) is 2.51. The highest BCUT2D eigenvalue weighted by molar-refractivity contribution is 6.18. The summed E-state index contributed by atoms with van der Waals surface area (Å²) in [5.74, 6) is 1.61. The molecular weight excluding hydrogens is 210 g/mol. The van der Waals surface area contributed by atoms with Gasteiger partial charge in [0.15, 0.2) is 0 Å². The smallest absolute Gasteiger partial charge is 0.124 e. The summed E-state index contributed by atoms with van der Waals surface area (Å²) in [5.41, 5.74) is 3.51. The third kappa shape index (κ3) is 2.78. The average molecular weight is 228 g/mol. The van der Waals surface area contributed by atoms with Crippen molar-refractivity contribution in [3.63, 3.8) is 0 Å². The SMILES string of the molecule is COc1c(C)cc(N(C)CCCl)cc1C. The monoisotopic (exact) mass is 227 g/mol. The highest BCUT2D eigenvalue weighted by Gasteiger charge is 2.07. The largest absolute Gasteiger partial charge is 0.496 e. The van der Waals surface area contributed by atoms with Gasteiger partial charge in [0.1, 0.15) is 5.75 Å². The standard InChI is InChI=1S/C12H18ClNO/c1-9-7-11(14(3)6-5-13)8-10(2)12(9)15-4/h7-8H,5-6H2,1-4H3. The molecule has 0 saturated carbocycles. The van der Waals surface area contributed by atoms with Crippen LogP contribution in [0.2, 0.25) is 0 Å². The molecule has 0 aliphatic carbocycles. The lowest BCUT2D eigenvalue weighted by molar-refractivity contribution is 0.408. The fourth-order valence-electron chi connectivity index (χ4n) is 1.73. The number of aryl methyl sites for hydroxylation is 2. The van der Waals surface area contributed by atoms with Crippen molar-refractivity contribution >= 4 is 17.3 Å². The molecule has 0 unspecified atom stereocenters. The van der Waals surface area contributed by atoms with E-state index < -0.39 is 0 Å². The number of anilines is 1. The first-order valence-electron chi connectivity index (χ1n) is 5.02. The van der Waals surface area contributed by atoms with Crippen LogP contribution in [-0.4, -0.2) is 26.6 Å². The van der Waals surface area contributed by atoms with Crippen LogP contribution < -0.4 is 9.64 Å². The zero-order chi connectivity index (χ0) is 11.4. The molecule has 0 aliphatic heterocycles. The molecule has 0 radical (unpaired) electrons. The van der Waals surface area contributed by atoms with Gasteiger partial charge in [-0.3, -0.25) is 0 Å². The van der Waals surface area contributed by atoms with Gasteiger partial charge >= 0.3 is 0 Å². The first kappa shape index (κ1) is 12.2. The molecule has 0 spiro atoms. The maximum absolute atomic E-state index is 5.72. The summed E-state index contributed by atoms with van der Waals surface area (Å²) in [6.07, 6.45) is 0. The van der Waals surface area contributed by atoms with E-state index in [9.17, 15) is 0 Å². The number of nitrogens with zero attached hydrogens (tertiary/aromatic N) is 1. The molecule has 1 aromatic rings. The van der Waals surface area contributed by atoms with Gasteiger partial charge in [0.2, 0.25) is 0 Å². The topological polar surface area (TPSA) is 12.5 Å². The summed E-state index contributed by atoms with van der Waals surface area (Å²) in [7, 11) is 3.75. The van der Waals surface area contributed by atoms with Gasteiger partial charge in [0.05, 0.1) is 7.11 Å². The number of alkyl halides is 1. The van der Waals surface area contributed by atoms with Crippen LogP contribution in [0.4, 0.5) is 5.69 Å². The Balaban J connectivity index is 3.02. The first-order chi connectivity index (χ1) is 7.10. The molecule has 0 heterocycles. The van der Waals surface area contributed by atoms with Gasteiger partial charge in [-0.25, -0.2) is 0 Å². The van der Waals surface area contributed by atoms with Crippen molar-refractivity contribution in [2.45, 2.75) is 13.8 Å². The molecule has 1 rings (SSSR count). The number of hydrogen-bond donors (Lipinski definition) is 0. The quantitative estimate of drug-likeness (QED) is 0.734. The Kier molecular flexibility index (Phi) is 4.28. The van der Waals surface area contributed by atoms with Crippen LogP contribution in [0.1, 0.15) is 11.1 Å². The fourth-order valence-corrected chi connectivity index (χ4v) is 1.98. The van der Waals surface area contributed by atoms with Crippen LogP contribution in [0.5, 0.6) is 5.75 Å². The molecule has 2 nitrogen and oxygen atoms in total. The van der Waals surface area contributed by atoms with Gasteiger partial charge in [-0.15, -0.1) is 11.6 Å². The van der Waals surface area contributed by atoms with E-state index in [0.29, 0.717) is 5.88 Å². The Morgan fingerprint density at radius 1 is 1.27 bits per heavy atom. The molecule has 84 valence electrons. The first-order valence-corrected chi connectivity index (χ1v) is 5.56. The van der Waals surface area contributed by atoms with E-state index >= 15 is 0 Å². The average Bonchev–Trinajstić information content (AvgIpc) is 2.17. The number of benzene rings is 1. The molecule has 1 aromatic carbocycles. The highest BCUT2D eigenvalue weighted by atomic mass is 35.5. The van der Waals surface area contributed by atoms with Gasteiger partial charge in [0, 0.05) is 25.2 Å². The zero-order valence-electron chi connectivity index (χ0n) is 9.80. The van der Waals surface area contributed by atoms with E-state index in [1.54, 1.807) is 7.11 Å². The van der Waals surface area contributed by atoms with Crippen molar-refractivity contribution in [3.05, 3.63) is 23.3 Å². The summed E-state index contributed by atoms with van der Waals surface area (Å²) in [5, 5.41) is 0. The van der Waals surface area contributed by atoms with E-state index in [1.807, 2.05) is 7.05 Å². The lowest BCUT2D eigenvalue weighted by Gasteiger charge is -2.20. The van der Waals surface area contributed by atoms with E-state index in [2.05, 4.69) is 30.9 Å². The van der Waals surface area contributed by atoms with Crippen LogP contribution in [0, 0.1) is 13.8 Å². The molecule has 0 bridgehead atoms. The molecule has 0 atom stereocenters. The maximum Gasteiger partial charge on any atom is 0.124 e. The predicted molar refractivity (Wildman–Crippen MR) is 66.5 cm³/mol. The number of halogens is 1. The third-order valence-corrected chi connectivity index (χ3v) is 2.68. The van der Waals surface area contributed by atoms with Gasteiger partial charge in [-0.05, 0) is 37.1 Å². The maximum atomic E-state index is 5.72. The summed E-state index contributed by atoms with van der Waals surface area (Å²) in [4.78, 5) is 2.15. The van der Waals surface area contributed by atoms with Crippen molar-refractivity contribution in [1.29, 1.82) is 0 Å². The van der Waals surface area contributed by atoms with Crippen LogP contribution in [0.25, 0.3) is 0 Å². The van der Waals surface area contributed by atoms with E-state index in [1.165, 1.54) is 5.69 Å². The van der Waals surface area contributed by atoms with E-state index in [-0.39, 0.29) is 0 Å². The van der Waals surface area contributed by atoms with Gasteiger partial charge in [-0.2, -0.15) is 0 Å². The molecule has 0 fully saturated rings. The van der Waals surface area contributed by atoms with Crippen LogP contribution >= 0.6 is 11.6 Å². The Morgan fingerprint density at radius 3 is 2.20 bits per heavy atom. The lowest BCUT2D eigenvalue weighted by atomic mass is 10.1. The predicted octanol–water partition coefficient (Wildman–Crippen LogP) is 2.99. The van der Waals surface area contributed by atoms with Gasteiger partial charge in [0.25, 0.3) is 0 Å². The Morgan fingerprint density at radius 2 is 1.80 bits per heavy atom. The summed E-state index contributed by atoms with van der Waals surface area (Å²) in [6, 6.07) is 4.25. The van der Waals surface area contributed by atoms with E-state index in [4.69, 9.17) is 16.3 Å². The molecule has 3 heteroatoms. The van der Waals surface area contributed by atoms with Gasteiger partial charge in [-0.1, -0.05) is 0 Å². The van der Waals surface area contributed by atoms with Crippen molar-refractivity contribution in [2.24, 2.45) is 0 Å². The molecule has 0 amide bonds.